The van der Waals surface area contributed by atoms with Crippen LogP contribution >= 0.6 is 15.9 Å². The molecule has 0 atom stereocenters. The number of hydrogen-bond donors (Lipinski definition) is 2. The predicted octanol–water partition coefficient (Wildman–Crippen LogP) is 3.31. The summed E-state index contributed by atoms with van der Waals surface area (Å²) in [6.07, 6.45) is 0. The summed E-state index contributed by atoms with van der Waals surface area (Å²) in [6.45, 7) is 0.448. The number of halogens is 1. The van der Waals surface area contributed by atoms with Crippen molar-refractivity contribution in [1.82, 2.24) is 0 Å². The molecule has 0 spiro atoms. The molecule has 0 aliphatic rings. The summed E-state index contributed by atoms with van der Waals surface area (Å²) in [6, 6.07) is 15.2. The maximum atomic E-state index is 7.39. The molecule has 4 heteroatoms. The van der Waals surface area contributed by atoms with Crippen molar-refractivity contribution in [2.45, 2.75) is 6.61 Å². The Hall–Kier alpha value is -1.81. The van der Waals surface area contributed by atoms with Crippen LogP contribution in [0.3, 0.4) is 0 Å². The highest BCUT2D eigenvalue weighted by Gasteiger charge is 2.02. The van der Waals surface area contributed by atoms with Crippen LogP contribution in [0, 0.1) is 5.41 Å². The number of rotatable bonds is 4. The topological polar surface area (TPSA) is 59.1 Å². The number of benzene rings is 2. The summed E-state index contributed by atoms with van der Waals surface area (Å²) >= 11 is 3.43. The Bertz CT molecular complexity index is 569. The fraction of sp³-hybridized carbons (Fsp3) is 0.0714. The standard InChI is InChI=1S/C14H13BrN2O/c15-12-6-1-2-7-13(12)18-9-10-4-3-5-11(8-10)14(16)17/h1-8H,9H2,(H3,16,17). The van der Waals surface area contributed by atoms with Crippen LogP contribution in [-0.2, 0) is 6.61 Å². The molecular formula is C14H13BrN2O. The highest BCUT2D eigenvalue weighted by molar-refractivity contribution is 9.10. The van der Waals surface area contributed by atoms with Gasteiger partial charge in [-0.15, -0.1) is 0 Å². The number of nitrogen functional groups attached to an aromatic ring is 1. The third-order valence-electron chi connectivity index (χ3n) is 2.47. The molecule has 2 aromatic rings. The minimum absolute atomic E-state index is 0.0674. The quantitative estimate of drug-likeness (QED) is 0.672. The Morgan fingerprint density at radius 3 is 2.67 bits per heavy atom. The lowest BCUT2D eigenvalue weighted by atomic mass is 10.1. The first-order valence-corrected chi connectivity index (χ1v) is 6.27. The van der Waals surface area contributed by atoms with Gasteiger partial charge in [0.2, 0.25) is 0 Å². The molecule has 3 N–H and O–H groups in total. The number of para-hydroxylation sites is 1. The molecular weight excluding hydrogens is 292 g/mol. The van der Waals surface area contributed by atoms with Crippen molar-refractivity contribution < 1.29 is 4.74 Å². The second-order valence-electron chi connectivity index (χ2n) is 3.83. The Kier molecular flexibility index (Phi) is 3.99. The largest absolute Gasteiger partial charge is 0.488 e. The highest BCUT2D eigenvalue weighted by Crippen LogP contribution is 2.24. The van der Waals surface area contributed by atoms with Gasteiger partial charge in [0.05, 0.1) is 4.47 Å². The van der Waals surface area contributed by atoms with E-state index < -0.39 is 0 Å². The number of ether oxygens (including phenoxy) is 1. The van der Waals surface area contributed by atoms with E-state index in [4.69, 9.17) is 15.9 Å². The van der Waals surface area contributed by atoms with Crippen molar-refractivity contribution >= 4 is 21.8 Å². The highest BCUT2D eigenvalue weighted by atomic mass is 79.9. The zero-order valence-corrected chi connectivity index (χ0v) is 11.3. The van der Waals surface area contributed by atoms with Crippen molar-refractivity contribution in [3.63, 3.8) is 0 Å². The summed E-state index contributed by atoms with van der Waals surface area (Å²) in [5.74, 6) is 0.864. The number of hydrogen-bond acceptors (Lipinski definition) is 2. The van der Waals surface area contributed by atoms with Gasteiger partial charge in [0.15, 0.2) is 0 Å². The van der Waals surface area contributed by atoms with E-state index in [-0.39, 0.29) is 5.84 Å². The van der Waals surface area contributed by atoms with Crippen LogP contribution in [0.2, 0.25) is 0 Å². The fourth-order valence-electron chi connectivity index (χ4n) is 1.55. The van der Waals surface area contributed by atoms with E-state index in [1.807, 2.05) is 48.5 Å². The maximum absolute atomic E-state index is 7.39. The molecule has 0 saturated carbocycles. The minimum atomic E-state index is 0.0674. The van der Waals surface area contributed by atoms with E-state index >= 15 is 0 Å². The molecule has 0 aliphatic heterocycles. The fourth-order valence-corrected chi connectivity index (χ4v) is 1.95. The van der Waals surface area contributed by atoms with E-state index in [1.165, 1.54) is 0 Å². The molecule has 0 aromatic heterocycles. The van der Waals surface area contributed by atoms with Gasteiger partial charge < -0.3 is 10.5 Å². The minimum Gasteiger partial charge on any atom is -0.488 e. The lowest BCUT2D eigenvalue weighted by Gasteiger charge is -2.08. The maximum Gasteiger partial charge on any atom is 0.133 e. The van der Waals surface area contributed by atoms with E-state index in [0.717, 1.165) is 15.8 Å². The third kappa shape index (κ3) is 3.11. The van der Waals surface area contributed by atoms with Crippen molar-refractivity contribution in [2.75, 3.05) is 0 Å². The summed E-state index contributed by atoms with van der Waals surface area (Å²) < 4.78 is 6.62. The van der Waals surface area contributed by atoms with Crippen LogP contribution in [0.5, 0.6) is 5.75 Å². The Balaban J connectivity index is 2.09. The van der Waals surface area contributed by atoms with Crippen molar-refractivity contribution in [1.29, 1.82) is 5.41 Å². The molecule has 92 valence electrons. The van der Waals surface area contributed by atoms with Gasteiger partial charge in [-0.1, -0.05) is 30.3 Å². The van der Waals surface area contributed by atoms with E-state index in [1.54, 1.807) is 0 Å². The molecule has 3 nitrogen and oxygen atoms in total. The van der Waals surface area contributed by atoms with Crippen LogP contribution in [0.25, 0.3) is 0 Å². The van der Waals surface area contributed by atoms with Crippen LogP contribution in [0.1, 0.15) is 11.1 Å². The smallest absolute Gasteiger partial charge is 0.133 e. The lowest BCUT2D eigenvalue weighted by Crippen LogP contribution is -2.11. The summed E-state index contributed by atoms with van der Waals surface area (Å²) in [5.41, 5.74) is 7.15. The van der Waals surface area contributed by atoms with Gasteiger partial charge in [-0.3, -0.25) is 5.41 Å². The molecule has 18 heavy (non-hydrogen) atoms. The molecule has 0 saturated heterocycles. The van der Waals surface area contributed by atoms with Crippen LogP contribution < -0.4 is 10.5 Å². The second-order valence-corrected chi connectivity index (χ2v) is 4.69. The Labute approximate surface area is 114 Å². The normalized spacial score (nSPS) is 10.1. The van der Waals surface area contributed by atoms with E-state index in [0.29, 0.717) is 12.2 Å². The molecule has 2 aromatic carbocycles. The van der Waals surface area contributed by atoms with Gasteiger partial charge in [0.25, 0.3) is 0 Å². The van der Waals surface area contributed by atoms with Crippen LogP contribution in [0.15, 0.2) is 53.0 Å². The van der Waals surface area contributed by atoms with Gasteiger partial charge in [-0.05, 0) is 39.7 Å². The first kappa shape index (κ1) is 12.6. The van der Waals surface area contributed by atoms with Gasteiger partial charge in [0.1, 0.15) is 18.2 Å². The van der Waals surface area contributed by atoms with Crippen molar-refractivity contribution in [2.24, 2.45) is 5.73 Å². The van der Waals surface area contributed by atoms with Gasteiger partial charge >= 0.3 is 0 Å². The van der Waals surface area contributed by atoms with Crippen LogP contribution in [0.4, 0.5) is 0 Å². The van der Waals surface area contributed by atoms with Crippen molar-refractivity contribution in [3.05, 3.63) is 64.1 Å². The summed E-state index contributed by atoms with van der Waals surface area (Å²) in [7, 11) is 0. The zero-order chi connectivity index (χ0) is 13.0. The first-order valence-electron chi connectivity index (χ1n) is 5.47. The summed E-state index contributed by atoms with van der Waals surface area (Å²) in [5, 5.41) is 7.39. The average molecular weight is 305 g/mol. The molecule has 0 aliphatic carbocycles. The second kappa shape index (κ2) is 5.69. The van der Waals surface area contributed by atoms with Gasteiger partial charge in [-0.25, -0.2) is 0 Å². The Morgan fingerprint density at radius 1 is 1.17 bits per heavy atom. The average Bonchev–Trinajstić information content (AvgIpc) is 2.38. The zero-order valence-electron chi connectivity index (χ0n) is 9.69. The van der Waals surface area contributed by atoms with Gasteiger partial charge in [0, 0.05) is 5.56 Å². The SMILES string of the molecule is N=C(N)c1cccc(COc2ccccc2Br)c1. The molecule has 2 rings (SSSR count). The van der Waals surface area contributed by atoms with E-state index in [2.05, 4.69) is 15.9 Å². The van der Waals surface area contributed by atoms with E-state index in [9.17, 15) is 0 Å². The number of amidine groups is 1. The molecule has 0 heterocycles. The molecule has 0 radical (unpaired) electrons. The lowest BCUT2D eigenvalue weighted by molar-refractivity contribution is 0.304. The molecule has 0 amide bonds. The monoisotopic (exact) mass is 304 g/mol. The molecule has 0 fully saturated rings. The third-order valence-corrected chi connectivity index (χ3v) is 3.12. The Morgan fingerprint density at radius 2 is 1.94 bits per heavy atom. The van der Waals surface area contributed by atoms with Crippen molar-refractivity contribution in [3.8, 4) is 5.75 Å². The first-order chi connectivity index (χ1) is 8.66. The number of nitrogens with two attached hydrogens (primary N) is 1. The predicted molar refractivity (Wildman–Crippen MR) is 75.9 cm³/mol. The number of nitrogens with one attached hydrogen (secondary N) is 1. The van der Waals surface area contributed by atoms with Gasteiger partial charge in [-0.2, -0.15) is 0 Å². The van der Waals surface area contributed by atoms with Crippen LogP contribution in [-0.4, -0.2) is 5.84 Å². The molecule has 0 unspecified atom stereocenters. The molecule has 0 bridgehead atoms. The summed E-state index contributed by atoms with van der Waals surface area (Å²) in [4.78, 5) is 0.